The van der Waals surface area contributed by atoms with Crippen LogP contribution in [0.3, 0.4) is 0 Å². The minimum atomic E-state index is -0.217. The molecule has 6 nitrogen and oxygen atoms in total. The first-order valence-electron chi connectivity index (χ1n) is 8.22. The number of hydrogen-bond acceptors (Lipinski definition) is 4. The molecule has 0 aliphatic carbocycles. The molecule has 3 aromatic rings. The van der Waals surface area contributed by atoms with Crippen LogP contribution in [0, 0.1) is 0 Å². The van der Waals surface area contributed by atoms with Gasteiger partial charge in [0.15, 0.2) is 0 Å². The molecule has 2 aromatic heterocycles. The van der Waals surface area contributed by atoms with Crippen LogP contribution in [0.15, 0.2) is 42.7 Å². The number of amides is 1. The van der Waals surface area contributed by atoms with Crippen LogP contribution in [0.25, 0.3) is 11.0 Å². The van der Waals surface area contributed by atoms with Gasteiger partial charge >= 0.3 is 0 Å². The lowest BCUT2D eigenvalue weighted by atomic mass is 9.89. The number of anilines is 1. The molecule has 6 heteroatoms. The Kier molecular flexibility index (Phi) is 3.96. The third-order valence-electron chi connectivity index (χ3n) is 4.48. The fourth-order valence-corrected chi connectivity index (χ4v) is 3.25. The molecule has 0 atom stereocenters. The largest absolute Gasteiger partial charge is 0.324 e. The number of carbonyl (C=O) groups excluding carboxylic acids is 1. The number of imidazole rings is 1. The Morgan fingerprint density at radius 3 is 2.83 bits per heavy atom. The topological polar surface area (TPSA) is 82.7 Å². The number of nitrogens with one attached hydrogen (secondary N) is 3. The first kappa shape index (κ1) is 14.8. The molecule has 122 valence electrons. The summed E-state index contributed by atoms with van der Waals surface area (Å²) >= 11 is 0. The lowest BCUT2D eigenvalue weighted by Gasteiger charge is -2.23. The lowest BCUT2D eigenvalue weighted by molar-refractivity contribution is 0.102. The lowest BCUT2D eigenvalue weighted by Crippen LogP contribution is -2.26. The quantitative estimate of drug-likeness (QED) is 0.692. The highest BCUT2D eigenvalue weighted by Gasteiger charge is 2.19. The van der Waals surface area contributed by atoms with Crippen molar-refractivity contribution in [2.75, 3.05) is 18.4 Å². The molecule has 0 saturated carbocycles. The van der Waals surface area contributed by atoms with E-state index in [4.69, 9.17) is 0 Å². The first-order chi connectivity index (χ1) is 11.8. The molecule has 0 spiro atoms. The summed E-state index contributed by atoms with van der Waals surface area (Å²) in [5.41, 5.74) is 3.67. The van der Waals surface area contributed by atoms with Crippen LogP contribution < -0.4 is 10.6 Å². The van der Waals surface area contributed by atoms with Gasteiger partial charge in [0, 0.05) is 12.4 Å². The Morgan fingerprint density at radius 1 is 1.17 bits per heavy atom. The van der Waals surface area contributed by atoms with Gasteiger partial charge in [0.2, 0.25) is 5.95 Å². The van der Waals surface area contributed by atoms with Crippen molar-refractivity contribution in [3.8, 4) is 0 Å². The molecule has 0 radical (unpaired) electrons. The van der Waals surface area contributed by atoms with Crippen molar-refractivity contribution in [2.45, 2.75) is 18.8 Å². The number of aromatic amines is 1. The monoisotopic (exact) mass is 321 g/mol. The zero-order chi connectivity index (χ0) is 16.4. The van der Waals surface area contributed by atoms with Crippen molar-refractivity contribution < 1.29 is 4.79 Å². The van der Waals surface area contributed by atoms with Gasteiger partial charge in [0.1, 0.15) is 0 Å². The average molecular weight is 321 g/mol. The van der Waals surface area contributed by atoms with Gasteiger partial charge in [0.25, 0.3) is 5.91 Å². The number of piperidine rings is 1. The maximum Gasteiger partial charge on any atom is 0.259 e. The fourth-order valence-electron chi connectivity index (χ4n) is 3.25. The zero-order valence-corrected chi connectivity index (χ0v) is 13.2. The Bertz CT molecular complexity index is 852. The van der Waals surface area contributed by atoms with Crippen LogP contribution in [-0.4, -0.2) is 33.9 Å². The van der Waals surface area contributed by atoms with Crippen LogP contribution in [0.4, 0.5) is 5.95 Å². The number of pyridine rings is 1. The van der Waals surface area contributed by atoms with Crippen molar-refractivity contribution in [2.24, 2.45) is 0 Å². The summed E-state index contributed by atoms with van der Waals surface area (Å²) in [6.07, 6.45) is 5.41. The normalized spacial score (nSPS) is 15.5. The summed E-state index contributed by atoms with van der Waals surface area (Å²) < 4.78 is 0. The smallest absolute Gasteiger partial charge is 0.259 e. The Hall–Kier alpha value is -2.73. The van der Waals surface area contributed by atoms with Crippen LogP contribution in [0.1, 0.15) is 34.7 Å². The first-order valence-corrected chi connectivity index (χ1v) is 8.22. The van der Waals surface area contributed by atoms with Gasteiger partial charge in [0.05, 0.1) is 16.6 Å². The second-order valence-corrected chi connectivity index (χ2v) is 6.05. The number of carbonyl (C=O) groups is 1. The molecular formula is C18H19N5O. The van der Waals surface area contributed by atoms with Crippen LogP contribution >= 0.6 is 0 Å². The van der Waals surface area contributed by atoms with E-state index in [1.807, 2.05) is 12.1 Å². The second kappa shape index (κ2) is 6.41. The van der Waals surface area contributed by atoms with Crippen molar-refractivity contribution >= 4 is 22.9 Å². The highest BCUT2D eigenvalue weighted by atomic mass is 16.1. The number of hydrogen-bond donors (Lipinski definition) is 3. The van der Waals surface area contributed by atoms with E-state index >= 15 is 0 Å². The molecule has 1 aliphatic heterocycles. The van der Waals surface area contributed by atoms with Gasteiger partial charge in [-0.2, -0.15) is 0 Å². The molecule has 1 aliphatic rings. The van der Waals surface area contributed by atoms with E-state index in [-0.39, 0.29) is 5.91 Å². The van der Waals surface area contributed by atoms with E-state index < -0.39 is 0 Å². The summed E-state index contributed by atoms with van der Waals surface area (Å²) in [5.74, 6) is 0.769. The maximum atomic E-state index is 12.3. The minimum absolute atomic E-state index is 0.217. The molecule has 3 N–H and O–H groups in total. The van der Waals surface area contributed by atoms with E-state index in [2.05, 4.69) is 31.7 Å². The zero-order valence-electron chi connectivity index (χ0n) is 13.2. The Balaban J connectivity index is 1.62. The van der Waals surface area contributed by atoms with Crippen LogP contribution in [0.5, 0.6) is 0 Å². The second-order valence-electron chi connectivity index (χ2n) is 6.05. The number of rotatable bonds is 3. The van der Waals surface area contributed by atoms with Gasteiger partial charge < -0.3 is 10.3 Å². The average Bonchev–Trinajstić information content (AvgIpc) is 3.05. The fraction of sp³-hybridized carbons (Fsp3) is 0.278. The Morgan fingerprint density at radius 2 is 2.04 bits per heavy atom. The van der Waals surface area contributed by atoms with Gasteiger partial charge in [-0.1, -0.05) is 12.1 Å². The molecule has 1 aromatic carbocycles. The van der Waals surface area contributed by atoms with Crippen LogP contribution in [-0.2, 0) is 0 Å². The number of benzene rings is 1. The highest BCUT2D eigenvalue weighted by molar-refractivity contribution is 6.03. The number of aromatic nitrogens is 3. The minimum Gasteiger partial charge on any atom is -0.324 e. The van der Waals surface area contributed by atoms with E-state index in [1.165, 1.54) is 5.56 Å². The molecule has 1 saturated heterocycles. The summed E-state index contributed by atoms with van der Waals surface area (Å²) in [4.78, 5) is 24.0. The standard InChI is InChI=1S/C18H19N5O/c24-17(13-3-2-8-20-11-13)23-18-21-15-5-1-4-14(16(15)22-18)12-6-9-19-10-7-12/h1-5,8,11-12,19H,6-7,9-10H2,(H2,21,22,23,24). The van der Waals surface area contributed by atoms with E-state index in [0.29, 0.717) is 17.4 Å². The SMILES string of the molecule is O=C(Nc1nc2c(C3CCNCC3)cccc2[nH]1)c1cccnc1. The molecule has 1 amide bonds. The van der Waals surface area contributed by atoms with Crippen molar-refractivity contribution in [1.82, 2.24) is 20.3 Å². The molecule has 4 rings (SSSR count). The number of nitrogens with zero attached hydrogens (tertiary/aromatic N) is 2. The van der Waals surface area contributed by atoms with Crippen molar-refractivity contribution in [1.29, 1.82) is 0 Å². The third kappa shape index (κ3) is 2.88. The summed E-state index contributed by atoms with van der Waals surface area (Å²) in [6.45, 7) is 2.08. The number of H-pyrrole nitrogens is 1. The van der Waals surface area contributed by atoms with Gasteiger partial charge in [-0.25, -0.2) is 4.98 Å². The number of fused-ring (bicyclic) bond motifs is 1. The van der Waals surface area contributed by atoms with E-state index in [0.717, 1.165) is 37.0 Å². The molecule has 0 unspecified atom stereocenters. The molecule has 3 heterocycles. The third-order valence-corrected chi connectivity index (χ3v) is 4.48. The van der Waals surface area contributed by atoms with E-state index in [9.17, 15) is 4.79 Å². The number of para-hydroxylation sites is 1. The summed E-state index contributed by atoms with van der Waals surface area (Å²) in [7, 11) is 0. The molecule has 1 fully saturated rings. The van der Waals surface area contributed by atoms with Crippen molar-refractivity contribution in [3.63, 3.8) is 0 Å². The van der Waals surface area contributed by atoms with E-state index in [1.54, 1.807) is 24.5 Å². The highest BCUT2D eigenvalue weighted by Crippen LogP contribution is 2.31. The summed E-state index contributed by atoms with van der Waals surface area (Å²) in [5, 5.41) is 6.21. The maximum absolute atomic E-state index is 12.3. The Labute approximate surface area is 139 Å². The van der Waals surface area contributed by atoms with Crippen LogP contribution in [0.2, 0.25) is 0 Å². The van der Waals surface area contributed by atoms with Gasteiger partial charge in [-0.05, 0) is 55.6 Å². The van der Waals surface area contributed by atoms with Crippen molar-refractivity contribution in [3.05, 3.63) is 53.9 Å². The predicted octanol–water partition coefficient (Wildman–Crippen LogP) is 2.68. The summed E-state index contributed by atoms with van der Waals surface area (Å²) in [6, 6.07) is 9.65. The van der Waals surface area contributed by atoms with Gasteiger partial charge in [-0.15, -0.1) is 0 Å². The molecular weight excluding hydrogens is 302 g/mol. The molecule has 0 bridgehead atoms. The predicted molar refractivity (Wildman–Crippen MR) is 93.1 cm³/mol. The van der Waals surface area contributed by atoms with Gasteiger partial charge in [-0.3, -0.25) is 15.1 Å². The molecule has 24 heavy (non-hydrogen) atoms.